The molecule has 0 saturated heterocycles. The van der Waals surface area contributed by atoms with E-state index in [1.165, 1.54) is 38.5 Å². The lowest BCUT2D eigenvalue weighted by Gasteiger charge is -2.21. The number of esters is 4. The van der Waals surface area contributed by atoms with Crippen molar-refractivity contribution in [3.8, 4) is 0 Å². The summed E-state index contributed by atoms with van der Waals surface area (Å²) in [5, 5.41) is 10.6. The van der Waals surface area contributed by atoms with Crippen LogP contribution in [0.1, 0.15) is 310 Å². The minimum atomic E-state index is -4.98. The largest absolute Gasteiger partial charge is 0.472 e. The Kier molecular flexibility index (Phi) is 69.5. The Morgan fingerprint density at radius 3 is 0.840 bits per heavy atom. The number of ether oxygens (including phenoxy) is 4. The van der Waals surface area contributed by atoms with Crippen molar-refractivity contribution < 1.29 is 80.2 Å². The average Bonchev–Trinajstić information content (AvgIpc) is 0.940. The molecule has 0 radical (unpaired) electrons. The molecule has 0 aromatic rings. The zero-order chi connectivity index (χ0) is 73.2. The summed E-state index contributed by atoms with van der Waals surface area (Å²) in [6.45, 7) is 4.54. The van der Waals surface area contributed by atoms with Gasteiger partial charge in [0.2, 0.25) is 0 Å². The Morgan fingerprint density at radius 2 is 0.530 bits per heavy atom. The molecule has 0 aromatic heterocycles. The van der Waals surface area contributed by atoms with Gasteiger partial charge in [0.25, 0.3) is 0 Å². The fourth-order valence-electron chi connectivity index (χ4n) is 10.0. The molecule has 3 N–H and O–H groups in total. The van der Waals surface area contributed by atoms with E-state index >= 15 is 0 Å². The van der Waals surface area contributed by atoms with Gasteiger partial charge in [-0.2, -0.15) is 0 Å². The second-order valence-corrected chi connectivity index (χ2v) is 28.4. The zero-order valence-corrected chi connectivity index (χ0v) is 64.4. The predicted octanol–water partition coefficient (Wildman–Crippen LogP) is 22.3. The lowest BCUT2D eigenvalue weighted by atomic mass is 10.1. The van der Waals surface area contributed by atoms with Crippen molar-refractivity contribution >= 4 is 39.5 Å². The summed E-state index contributed by atoms with van der Waals surface area (Å²) in [6.07, 6.45) is 79.0. The van der Waals surface area contributed by atoms with Crippen LogP contribution in [0.4, 0.5) is 0 Å². The van der Waals surface area contributed by atoms with Crippen LogP contribution in [0.5, 0.6) is 0 Å². The number of phosphoric acid groups is 2. The van der Waals surface area contributed by atoms with E-state index in [1.807, 2.05) is 0 Å². The van der Waals surface area contributed by atoms with E-state index < -0.39 is 97.5 Å². The molecule has 0 aliphatic rings. The summed E-state index contributed by atoms with van der Waals surface area (Å²) in [7, 11) is -9.96. The predicted molar refractivity (Wildman–Crippen MR) is 408 cm³/mol. The van der Waals surface area contributed by atoms with Crippen LogP contribution in [0.2, 0.25) is 0 Å². The van der Waals surface area contributed by atoms with Gasteiger partial charge in [-0.1, -0.05) is 258 Å². The first kappa shape index (κ1) is 95.5. The number of hydrogen-bond acceptors (Lipinski definition) is 15. The Hall–Kier alpha value is -4.54. The monoisotopic (exact) mass is 1440 g/mol. The molecule has 0 fully saturated rings. The highest BCUT2D eigenvalue weighted by Crippen LogP contribution is 2.45. The summed E-state index contributed by atoms with van der Waals surface area (Å²) >= 11 is 0. The molecule has 0 aliphatic heterocycles. The summed E-state index contributed by atoms with van der Waals surface area (Å²) in [4.78, 5) is 72.9. The van der Waals surface area contributed by atoms with E-state index in [0.29, 0.717) is 25.7 Å². The number of aliphatic hydroxyl groups excluding tert-OH is 1. The second-order valence-electron chi connectivity index (χ2n) is 25.5. The van der Waals surface area contributed by atoms with Gasteiger partial charge in [0, 0.05) is 25.7 Å². The van der Waals surface area contributed by atoms with Crippen LogP contribution >= 0.6 is 15.6 Å². The molecule has 574 valence electrons. The minimum absolute atomic E-state index is 0.0768. The molecule has 0 aromatic carbocycles. The van der Waals surface area contributed by atoms with E-state index in [0.717, 1.165) is 193 Å². The second kappa shape index (κ2) is 72.8. The standard InChI is InChI=1S/C81H138O17P2/c1-5-9-13-17-21-25-29-32-34-36-37-39-41-44-47-50-54-58-62-66-79(84)92-72-77(98-81(86)68-64-60-56-52-48-42-31-27-23-19-15-11-7-3)74-96-100(89,90)94-70-75(82)69-93-99(87,88)95-73-76(97-80(85)67-63-59-55-51-45-28-24-20-16-12-8-4)71-91-78(83)65-61-57-53-49-46-43-40-38-35-33-30-26-22-18-14-10-6-2/h9-10,13-14,20-22,24-27,31-35,37,39-40,43,75-77,82H,5-8,11-12,15-19,23,28-30,36,38,41-42,44-74H2,1-4H3,(H,87,88)(H,89,90)/b13-9-,14-10-,24-20-,25-21-,26-22-,31-27-,34-32-,35-33-,39-37-,43-40-. The van der Waals surface area contributed by atoms with Gasteiger partial charge in [0.1, 0.15) is 19.3 Å². The fraction of sp³-hybridized carbons (Fsp3) is 0.704. The van der Waals surface area contributed by atoms with Gasteiger partial charge in [-0.15, -0.1) is 0 Å². The Labute approximate surface area is 606 Å². The minimum Gasteiger partial charge on any atom is -0.462 e. The van der Waals surface area contributed by atoms with Gasteiger partial charge in [-0.05, 0) is 148 Å². The average molecular weight is 1450 g/mol. The number of allylic oxidation sites excluding steroid dienone is 20. The molecule has 0 amide bonds. The van der Waals surface area contributed by atoms with Crippen molar-refractivity contribution in [2.75, 3.05) is 39.6 Å². The lowest BCUT2D eigenvalue weighted by molar-refractivity contribution is -0.161. The molecule has 0 saturated carbocycles. The van der Waals surface area contributed by atoms with Crippen LogP contribution < -0.4 is 0 Å². The summed E-state index contributed by atoms with van der Waals surface area (Å²) in [5.74, 6) is -2.23. The number of phosphoric ester groups is 2. The van der Waals surface area contributed by atoms with Crippen LogP contribution in [-0.2, 0) is 65.4 Å². The van der Waals surface area contributed by atoms with Crippen LogP contribution in [-0.4, -0.2) is 96.7 Å². The summed E-state index contributed by atoms with van der Waals surface area (Å²) in [6, 6.07) is 0. The van der Waals surface area contributed by atoms with Crippen LogP contribution in [0.15, 0.2) is 122 Å². The van der Waals surface area contributed by atoms with Gasteiger partial charge < -0.3 is 33.8 Å². The summed E-state index contributed by atoms with van der Waals surface area (Å²) in [5.41, 5.74) is 0. The number of carbonyl (C=O) groups is 4. The molecular formula is C81H138O17P2. The van der Waals surface area contributed by atoms with Crippen molar-refractivity contribution in [1.82, 2.24) is 0 Å². The highest BCUT2D eigenvalue weighted by Gasteiger charge is 2.30. The van der Waals surface area contributed by atoms with E-state index in [1.54, 1.807) is 0 Å². The van der Waals surface area contributed by atoms with Crippen molar-refractivity contribution in [3.63, 3.8) is 0 Å². The maximum atomic E-state index is 13.1. The topological polar surface area (TPSA) is 237 Å². The number of aliphatic hydroxyl groups is 1. The third-order valence-electron chi connectivity index (χ3n) is 15.9. The first-order valence-electron chi connectivity index (χ1n) is 38.8. The van der Waals surface area contributed by atoms with E-state index in [2.05, 4.69) is 149 Å². The molecular weight excluding hydrogens is 1310 g/mol. The molecule has 0 aliphatic carbocycles. The SMILES string of the molecule is CC/C=C\C/C=C\C/C=C\C/C=C\CCCCCCCCC(=O)OCC(COP(=O)(O)OCC(O)COP(=O)(O)OCC(COC(=O)CCCCCC/C=C\C/C=C\C/C=C\C/C=C\CC)OC(=O)CCCCCCC/C=C\CCCC)OC(=O)CCCCCCC/C=C\CCCCCC. The molecule has 100 heavy (non-hydrogen) atoms. The molecule has 5 unspecified atom stereocenters. The zero-order valence-electron chi connectivity index (χ0n) is 62.6. The first-order chi connectivity index (χ1) is 48.7. The summed E-state index contributed by atoms with van der Waals surface area (Å²) < 4.78 is 68.4. The van der Waals surface area contributed by atoms with Gasteiger partial charge in [0.05, 0.1) is 26.4 Å². The highest BCUT2D eigenvalue weighted by molar-refractivity contribution is 7.47. The van der Waals surface area contributed by atoms with Crippen molar-refractivity contribution in [2.24, 2.45) is 0 Å². The maximum Gasteiger partial charge on any atom is 0.472 e. The van der Waals surface area contributed by atoms with Gasteiger partial charge in [-0.25, -0.2) is 9.13 Å². The Morgan fingerprint density at radius 1 is 0.290 bits per heavy atom. The number of hydrogen-bond donors (Lipinski definition) is 3. The Bertz CT molecular complexity index is 2370. The van der Waals surface area contributed by atoms with E-state index in [4.69, 9.17) is 37.0 Å². The van der Waals surface area contributed by atoms with Crippen molar-refractivity contribution in [1.29, 1.82) is 0 Å². The fourth-order valence-corrected chi connectivity index (χ4v) is 11.6. The third kappa shape index (κ3) is 71.8. The van der Waals surface area contributed by atoms with Crippen LogP contribution in [0.3, 0.4) is 0 Å². The van der Waals surface area contributed by atoms with E-state index in [9.17, 15) is 43.2 Å². The first-order valence-corrected chi connectivity index (χ1v) is 41.8. The van der Waals surface area contributed by atoms with Gasteiger partial charge >= 0.3 is 39.5 Å². The smallest absolute Gasteiger partial charge is 0.462 e. The van der Waals surface area contributed by atoms with Crippen LogP contribution in [0.25, 0.3) is 0 Å². The Balaban J connectivity index is 5.34. The quantitative estimate of drug-likeness (QED) is 0.0169. The number of carbonyl (C=O) groups excluding carboxylic acids is 4. The molecule has 0 bridgehead atoms. The number of unbranched alkanes of at least 4 members (excludes halogenated alkanes) is 26. The number of rotatable bonds is 72. The third-order valence-corrected chi connectivity index (χ3v) is 17.8. The molecule has 17 nitrogen and oxygen atoms in total. The molecule has 0 spiro atoms. The highest BCUT2D eigenvalue weighted by atomic mass is 31.2. The van der Waals surface area contributed by atoms with E-state index in [-0.39, 0.29) is 25.7 Å². The van der Waals surface area contributed by atoms with Gasteiger partial charge in [0.15, 0.2) is 12.2 Å². The molecule has 19 heteroatoms. The van der Waals surface area contributed by atoms with Gasteiger partial charge in [-0.3, -0.25) is 37.3 Å². The lowest BCUT2D eigenvalue weighted by Crippen LogP contribution is -2.30. The molecule has 5 atom stereocenters. The van der Waals surface area contributed by atoms with Crippen molar-refractivity contribution in [2.45, 2.75) is 329 Å². The van der Waals surface area contributed by atoms with Crippen LogP contribution in [0, 0.1) is 0 Å². The molecule has 0 heterocycles. The molecule has 0 rings (SSSR count). The van der Waals surface area contributed by atoms with Crippen molar-refractivity contribution in [3.05, 3.63) is 122 Å². The normalized spacial score (nSPS) is 14.6. The maximum absolute atomic E-state index is 13.1.